The molecule has 1 aliphatic carbocycles. The Morgan fingerprint density at radius 2 is 2.10 bits per heavy atom. The number of nitrogens with zero attached hydrogens (tertiary/aromatic N) is 3. The lowest BCUT2D eigenvalue weighted by molar-refractivity contribution is -0.00487. The van der Waals surface area contributed by atoms with Crippen molar-refractivity contribution >= 4 is 24.9 Å². The Kier molecular flexibility index (Phi) is 5.33. The monoisotopic (exact) mass is 439 g/mol. The number of rotatable bonds is 7. The summed E-state index contributed by atoms with van der Waals surface area (Å²) in [4.78, 5) is 32.3. The molecule has 13 heteroatoms. The lowest BCUT2D eigenvalue weighted by atomic mass is 9.70. The minimum atomic E-state index is -4.43. The molecule has 3 aromatic rings. The van der Waals surface area contributed by atoms with Gasteiger partial charge in [-0.15, -0.1) is 0 Å². The van der Waals surface area contributed by atoms with Crippen molar-refractivity contribution < 1.29 is 28.0 Å². The van der Waals surface area contributed by atoms with Crippen molar-refractivity contribution in [3.63, 3.8) is 0 Å². The van der Waals surface area contributed by atoms with Crippen molar-refractivity contribution in [1.29, 1.82) is 0 Å². The number of halogens is 1. The van der Waals surface area contributed by atoms with Crippen LogP contribution in [-0.4, -0.2) is 42.7 Å². The third kappa shape index (κ3) is 3.94. The van der Waals surface area contributed by atoms with Gasteiger partial charge in [-0.2, -0.15) is 4.98 Å². The van der Waals surface area contributed by atoms with Crippen LogP contribution in [0.3, 0.4) is 0 Å². The number of H-pyrrole nitrogens is 1. The number of hydrogen-bond donors (Lipinski definition) is 4. The average molecular weight is 439 g/mol. The Bertz CT molecular complexity index is 1170. The van der Waals surface area contributed by atoms with Gasteiger partial charge >= 0.3 is 7.82 Å². The van der Waals surface area contributed by atoms with E-state index in [9.17, 15) is 23.7 Å². The number of aromatic nitrogens is 4. The summed E-state index contributed by atoms with van der Waals surface area (Å²) in [7, 11) is -4.43. The number of hydrogen-bond acceptors (Lipinski definition) is 8. The van der Waals surface area contributed by atoms with Crippen molar-refractivity contribution in [3.8, 4) is 5.75 Å². The molecule has 4 atom stereocenters. The van der Waals surface area contributed by atoms with Crippen LogP contribution in [0.5, 0.6) is 5.75 Å². The number of imidazole rings is 1. The molecular weight excluding hydrogens is 420 g/mol. The highest BCUT2D eigenvalue weighted by Gasteiger charge is 2.44. The third-order valence-electron chi connectivity index (χ3n) is 5.15. The van der Waals surface area contributed by atoms with Gasteiger partial charge in [-0.1, -0.05) is 0 Å². The lowest BCUT2D eigenvalue weighted by Crippen LogP contribution is -2.43. The minimum Gasteiger partial charge on any atom is -0.404 e. The maximum Gasteiger partial charge on any atom is 0.527 e. The van der Waals surface area contributed by atoms with Gasteiger partial charge in [-0.05, 0) is 36.6 Å². The van der Waals surface area contributed by atoms with Crippen LogP contribution in [-0.2, 0) is 9.09 Å². The molecule has 1 saturated carbocycles. The van der Waals surface area contributed by atoms with Gasteiger partial charge in [0.05, 0.1) is 12.9 Å². The molecule has 0 aliphatic heterocycles. The highest BCUT2D eigenvalue weighted by molar-refractivity contribution is 7.47. The second kappa shape index (κ2) is 7.80. The average Bonchev–Trinajstić information content (AvgIpc) is 3.06. The van der Waals surface area contributed by atoms with Crippen molar-refractivity contribution in [2.45, 2.75) is 12.5 Å². The number of nitrogens with two attached hydrogens (primary N) is 1. The molecule has 5 N–H and O–H groups in total. The van der Waals surface area contributed by atoms with Crippen LogP contribution in [0.2, 0.25) is 0 Å². The van der Waals surface area contributed by atoms with E-state index in [1.165, 1.54) is 18.5 Å². The van der Waals surface area contributed by atoms with Gasteiger partial charge in [0.2, 0.25) is 5.95 Å². The van der Waals surface area contributed by atoms with Gasteiger partial charge in [0, 0.05) is 18.6 Å². The predicted octanol–water partition coefficient (Wildman–Crippen LogP) is 1.21. The molecule has 4 rings (SSSR count). The third-order valence-corrected chi connectivity index (χ3v) is 6.07. The van der Waals surface area contributed by atoms with E-state index in [4.69, 9.17) is 14.8 Å². The predicted molar refractivity (Wildman–Crippen MR) is 103 cm³/mol. The van der Waals surface area contributed by atoms with Gasteiger partial charge in [0.15, 0.2) is 11.2 Å². The number of nitrogens with one attached hydrogen (secondary N) is 1. The fourth-order valence-corrected chi connectivity index (χ4v) is 4.41. The molecule has 1 aliphatic rings. The second-order valence-electron chi connectivity index (χ2n) is 6.99. The Morgan fingerprint density at radius 3 is 2.80 bits per heavy atom. The highest BCUT2D eigenvalue weighted by atomic mass is 31.2. The topological polar surface area (TPSA) is 166 Å². The molecule has 4 unspecified atom stereocenters. The first-order valence-electron chi connectivity index (χ1n) is 9.03. The number of nitrogen functional groups attached to an aromatic ring is 1. The van der Waals surface area contributed by atoms with Crippen LogP contribution in [0.1, 0.15) is 12.5 Å². The molecule has 0 amide bonds. The largest absolute Gasteiger partial charge is 0.527 e. The molecule has 0 radical (unpaired) electrons. The van der Waals surface area contributed by atoms with Crippen LogP contribution in [0.25, 0.3) is 11.2 Å². The number of aliphatic hydroxyl groups excluding tert-OH is 1. The molecule has 0 spiro atoms. The SMILES string of the molecule is Nc1nc2c(ncn2C2CC(COP(=O)(O)Oc3ccc(F)cc3)C2CO)c(=O)[nH]1. The standard InChI is InChI=1S/C17H19FN5O6P/c18-10-1-3-11(4-2-10)29-30(26,27)28-7-9-5-13(12(9)6-24)23-8-20-14-15(23)21-17(19)22-16(14)25/h1-4,8-9,12-13,24H,5-7H2,(H,26,27)(H3,19,21,22,25). The fraction of sp³-hybridized carbons (Fsp3) is 0.353. The summed E-state index contributed by atoms with van der Waals surface area (Å²) in [6.45, 7) is -0.356. The molecule has 30 heavy (non-hydrogen) atoms. The quantitative estimate of drug-likeness (QED) is 0.396. The van der Waals surface area contributed by atoms with E-state index in [-0.39, 0.29) is 48.3 Å². The number of aliphatic hydroxyl groups is 1. The summed E-state index contributed by atoms with van der Waals surface area (Å²) in [5, 5.41) is 9.80. The lowest BCUT2D eigenvalue weighted by Gasteiger charge is -2.44. The summed E-state index contributed by atoms with van der Waals surface area (Å²) >= 11 is 0. The molecule has 11 nitrogen and oxygen atoms in total. The second-order valence-corrected chi connectivity index (χ2v) is 8.37. The first-order valence-corrected chi connectivity index (χ1v) is 10.5. The van der Waals surface area contributed by atoms with Crippen LogP contribution in [0, 0.1) is 17.7 Å². The van der Waals surface area contributed by atoms with Gasteiger partial charge in [0.25, 0.3) is 5.56 Å². The van der Waals surface area contributed by atoms with Gasteiger partial charge in [-0.25, -0.2) is 13.9 Å². The Balaban J connectivity index is 1.42. The van der Waals surface area contributed by atoms with E-state index in [0.717, 1.165) is 12.1 Å². The van der Waals surface area contributed by atoms with E-state index < -0.39 is 19.2 Å². The molecule has 2 heterocycles. The number of aromatic amines is 1. The Morgan fingerprint density at radius 1 is 1.37 bits per heavy atom. The summed E-state index contributed by atoms with van der Waals surface area (Å²) in [6, 6.07) is 4.37. The summed E-state index contributed by atoms with van der Waals surface area (Å²) in [6.07, 6.45) is 1.94. The van der Waals surface area contributed by atoms with E-state index in [0.29, 0.717) is 12.1 Å². The highest BCUT2D eigenvalue weighted by Crippen LogP contribution is 2.49. The number of phosphoric acid groups is 1. The van der Waals surface area contributed by atoms with E-state index in [2.05, 4.69) is 15.0 Å². The molecular formula is C17H19FN5O6P. The maximum absolute atomic E-state index is 12.9. The minimum absolute atomic E-state index is 0.00815. The summed E-state index contributed by atoms with van der Waals surface area (Å²) < 4.78 is 36.7. The molecule has 0 saturated heterocycles. The van der Waals surface area contributed by atoms with Crippen molar-refractivity contribution in [3.05, 3.63) is 46.8 Å². The van der Waals surface area contributed by atoms with Gasteiger partial charge < -0.3 is 19.9 Å². The van der Waals surface area contributed by atoms with Crippen LogP contribution >= 0.6 is 7.82 Å². The van der Waals surface area contributed by atoms with Crippen LogP contribution in [0.15, 0.2) is 35.4 Å². The van der Waals surface area contributed by atoms with Crippen molar-refractivity contribution in [2.75, 3.05) is 18.9 Å². The number of phosphoric ester groups is 1. The number of anilines is 1. The van der Waals surface area contributed by atoms with E-state index in [1.807, 2.05) is 0 Å². The zero-order valence-electron chi connectivity index (χ0n) is 15.5. The smallest absolute Gasteiger partial charge is 0.404 e. The molecule has 1 fully saturated rings. The Labute approximate surface area is 168 Å². The fourth-order valence-electron chi connectivity index (χ4n) is 3.59. The number of fused-ring (bicyclic) bond motifs is 1. The molecule has 1 aromatic carbocycles. The zero-order valence-corrected chi connectivity index (χ0v) is 16.4. The van der Waals surface area contributed by atoms with Crippen molar-refractivity contribution in [2.24, 2.45) is 11.8 Å². The van der Waals surface area contributed by atoms with Gasteiger partial charge in [0.1, 0.15) is 11.6 Å². The van der Waals surface area contributed by atoms with Crippen LogP contribution in [0.4, 0.5) is 10.3 Å². The van der Waals surface area contributed by atoms with Crippen LogP contribution < -0.4 is 15.8 Å². The van der Waals surface area contributed by atoms with E-state index >= 15 is 0 Å². The molecule has 160 valence electrons. The summed E-state index contributed by atoms with van der Waals surface area (Å²) in [5.74, 6) is -1.13. The Hall–Kier alpha value is -2.79. The number of benzene rings is 1. The van der Waals surface area contributed by atoms with Gasteiger partial charge in [-0.3, -0.25) is 19.2 Å². The molecule has 2 aromatic heterocycles. The van der Waals surface area contributed by atoms with E-state index in [1.54, 1.807) is 4.57 Å². The normalized spacial score (nSPS) is 23.1. The maximum atomic E-state index is 12.9. The first-order chi connectivity index (χ1) is 14.3. The zero-order chi connectivity index (χ0) is 21.5. The molecule has 0 bridgehead atoms. The summed E-state index contributed by atoms with van der Waals surface area (Å²) in [5.41, 5.74) is 5.57. The first kappa shape index (κ1) is 20.5. The van der Waals surface area contributed by atoms with Crippen molar-refractivity contribution in [1.82, 2.24) is 19.5 Å².